The monoisotopic (exact) mass is 310 g/mol. The SMILES string of the molecule is CCCCn1cc2c3c(cccc31)C1=C[C@](C)(O)CN(C)[C@@H]1C2. The number of fused-ring (bicyclic) bond motifs is 2. The second-order valence-corrected chi connectivity index (χ2v) is 7.49. The van der Waals surface area contributed by atoms with Crippen LogP contribution in [0.15, 0.2) is 30.5 Å². The highest BCUT2D eigenvalue weighted by atomic mass is 16.3. The van der Waals surface area contributed by atoms with Crippen LogP contribution >= 0.6 is 0 Å². The molecule has 0 unspecified atom stereocenters. The van der Waals surface area contributed by atoms with Gasteiger partial charge in [-0.2, -0.15) is 0 Å². The molecule has 1 N–H and O–H groups in total. The summed E-state index contributed by atoms with van der Waals surface area (Å²) in [6.07, 6.45) is 7.94. The number of hydrogen-bond acceptors (Lipinski definition) is 2. The Morgan fingerprint density at radius 1 is 1.35 bits per heavy atom. The number of likely N-dealkylation sites (N-methyl/N-ethyl adjacent to an activating group) is 1. The van der Waals surface area contributed by atoms with E-state index in [-0.39, 0.29) is 0 Å². The number of rotatable bonds is 3. The molecule has 0 amide bonds. The summed E-state index contributed by atoms with van der Waals surface area (Å²) >= 11 is 0. The quantitative estimate of drug-likeness (QED) is 0.940. The first-order valence-corrected chi connectivity index (χ1v) is 8.76. The molecule has 2 aromatic rings. The van der Waals surface area contributed by atoms with E-state index < -0.39 is 5.60 Å². The van der Waals surface area contributed by atoms with Gasteiger partial charge >= 0.3 is 0 Å². The molecule has 1 aromatic carbocycles. The minimum absolute atomic E-state index is 0.385. The van der Waals surface area contributed by atoms with Gasteiger partial charge in [-0.15, -0.1) is 0 Å². The number of nitrogens with zero attached hydrogens (tertiary/aromatic N) is 2. The minimum Gasteiger partial charge on any atom is -0.385 e. The van der Waals surface area contributed by atoms with E-state index in [9.17, 15) is 5.11 Å². The lowest BCUT2D eigenvalue weighted by Crippen LogP contribution is -2.49. The second kappa shape index (κ2) is 5.22. The Morgan fingerprint density at radius 3 is 2.96 bits per heavy atom. The van der Waals surface area contributed by atoms with E-state index in [1.54, 1.807) is 0 Å². The summed E-state index contributed by atoms with van der Waals surface area (Å²) in [5, 5.41) is 12.0. The van der Waals surface area contributed by atoms with E-state index in [0.29, 0.717) is 12.6 Å². The van der Waals surface area contributed by atoms with Gasteiger partial charge in [0.2, 0.25) is 0 Å². The zero-order chi connectivity index (χ0) is 16.2. The average molecular weight is 310 g/mol. The lowest BCUT2D eigenvalue weighted by molar-refractivity contribution is 0.0543. The number of unbranched alkanes of at least 4 members (excludes halogenated alkanes) is 1. The fourth-order valence-corrected chi connectivity index (χ4v) is 4.41. The fourth-order valence-electron chi connectivity index (χ4n) is 4.41. The van der Waals surface area contributed by atoms with E-state index in [1.165, 1.54) is 40.4 Å². The Labute approximate surface area is 138 Å². The Morgan fingerprint density at radius 2 is 2.17 bits per heavy atom. The zero-order valence-corrected chi connectivity index (χ0v) is 14.3. The number of β-amino-alcohol motifs (C(OH)–C–C–N with tert-alkyl or cyclic N) is 1. The van der Waals surface area contributed by atoms with Crippen molar-refractivity contribution in [2.24, 2.45) is 0 Å². The number of benzene rings is 1. The number of aliphatic hydroxyl groups is 1. The summed E-state index contributed by atoms with van der Waals surface area (Å²) in [4.78, 5) is 2.31. The smallest absolute Gasteiger partial charge is 0.0932 e. The van der Waals surface area contributed by atoms with Gasteiger partial charge in [0.15, 0.2) is 0 Å². The van der Waals surface area contributed by atoms with Crippen molar-refractivity contribution in [1.82, 2.24) is 9.47 Å². The van der Waals surface area contributed by atoms with Gasteiger partial charge in [-0.3, -0.25) is 4.90 Å². The number of aromatic nitrogens is 1. The average Bonchev–Trinajstić information content (AvgIpc) is 2.85. The Hall–Kier alpha value is -1.58. The molecule has 2 atom stereocenters. The first kappa shape index (κ1) is 15.0. The van der Waals surface area contributed by atoms with Crippen LogP contribution in [0.3, 0.4) is 0 Å². The van der Waals surface area contributed by atoms with Crippen molar-refractivity contribution in [1.29, 1.82) is 0 Å². The molecule has 4 rings (SSSR count). The minimum atomic E-state index is -0.745. The molecular weight excluding hydrogens is 284 g/mol. The van der Waals surface area contributed by atoms with E-state index in [4.69, 9.17) is 0 Å². The van der Waals surface area contributed by atoms with Gasteiger partial charge in [0.05, 0.1) is 5.60 Å². The van der Waals surface area contributed by atoms with Gasteiger partial charge in [-0.25, -0.2) is 0 Å². The summed E-state index contributed by atoms with van der Waals surface area (Å²) in [5.41, 5.74) is 4.68. The predicted molar refractivity (Wildman–Crippen MR) is 95.6 cm³/mol. The number of hydrogen-bond donors (Lipinski definition) is 1. The van der Waals surface area contributed by atoms with Gasteiger partial charge in [0.25, 0.3) is 0 Å². The molecule has 0 spiro atoms. The van der Waals surface area contributed by atoms with E-state index >= 15 is 0 Å². The topological polar surface area (TPSA) is 28.4 Å². The summed E-state index contributed by atoms with van der Waals surface area (Å²) in [7, 11) is 2.13. The zero-order valence-electron chi connectivity index (χ0n) is 14.3. The number of aryl methyl sites for hydroxylation is 1. The summed E-state index contributed by atoms with van der Waals surface area (Å²) in [6, 6.07) is 7.01. The van der Waals surface area contributed by atoms with E-state index in [0.717, 1.165) is 13.0 Å². The van der Waals surface area contributed by atoms with Crippen LogP contribution in [0.25, 0.3) is 16.5 Å². The molecule has 2 heterocycles. The van der Waals surface area contributed by atoms with Crippen molar-refractivity contribution in [2.45, 2.75) is 51.3 Å². The van der Waals surface area contributed by atoms with Gasteiger partial charge in [0.1, 0.15) is 0 Å². The highest BCUT2D eigenvalue weighted by Crippen LogP contribution is 2.42. The highest BCUT2D eigenvalue weighted by molar-refractivity contribution is 5.98. The summed E-state index contributed by atoms with van der Waals surface area (Å²) in [5.74, 6) is 0. The molecule has 0 bridgehead atoms. The molecule has 0 saturated heterocycles. The third-order valence-corrected chi connectivity index (χ3v) is 5.39. The van der Waals surface area contributed by atoms with Crippen LogP contribution in [-0.2, 0) is 13.0 Å². The molecule has 3 nitrogen and oxygen atoms in total. The molecule has 122 valence electrons. The standard InChI is InChI=1S/C20H26N2O/c1-4-5-9-22-12-14-10-18-16(11-20(2,23)13-21(18)3)15-7-6-8-17(22)19(14)15/h6-8,11-12,18,23H,4-5,9-10,13H2,1-3H3/t18-,20+/m1/s1. The molecule has 0 radical (unpaired) electrons. The van der Waals surface area contributed by atoms with Crippen LogP contribution in [0.1, 0.15) is 37.8 Å². The maximum absolute atomic E-state index is 10.6. The normalized spacial score (nSPS) is 27.1. The third-order valence-electron chi connectivity index (χ3n) is 5.39. The highest BCUT2D eigenvalue weighted by Gasteiger charge is 2.37. The van der Waals surface area contributed by atoms with Crippen molar-refractivity contribution in [2.75, 3.05) is 13.6 Å². The van der Waals surface area contributed by atoms with Crippen molar-refractivity contribution in [3.63, 3.8) is 0 Å². The van der Waals surface area contributed by atoms with E-state index in [1.807, 2.05) is 6.92 Å². The lowest BCUT2D eigenvalue weighted by atomic mass is 9.79. The van der Waals surface area contributed by atoms with E-state index in [2.05, 4.69) is 53.9 Å². The Kier molecular flexibility index (Phi) is 3.40. The van der Waals surface area contributed by atoms with Crippen molar-refractivity contribution in [3.8, 4) is 0 Å². The van der Waals surface area contributed by atoms with Gasteiger partial charge in [-0.05, 0) is 55.7 Å². The second-order valence-electron chi connectivity index (χ2n) is 7.49. The van der Waals surface area contributed by atoms with Crippen LogP contribution < -0.4 is 0 Å². The summed E-state index contributed by atoms with van der Waals surface area (Å²) in [6.45, 7) is 5.94. The third kappa shape index (κ3) is 2.34. The lowest BCUT2D eigenvalue weighted by Gasteiger charge is -2.42. The largest absolute Gasteiger partial charge is 0.385 e. The molecular formula is C20H26N2O. The van der Waals surface area contributed by atoms with Crippen LogP contribution in [-0.4, -0.2) is 39.8 Å². The molecule has 1 aromatic heterocycles. The molecule has 1 aliphatic carbocycles. The van der Waals surface area contributed by atoms with Crippen LogP contribution in [0, 0.1) is 0 Å². The van der Waals surface area contributed by atoms with Gasteiger partial charge in [0, 0.05) is 36.2 Å². The molecule has 2 aliphatic rings. The molecule has 3 heteroatoms. The molecule has 1 aliphatic heterocycles. The predicted octanol–water partition coefficient (Wildman–Crippen LogP) is 3.45. The van der Waals surface area contributed by atoms with Gasteiger partial charge in [-0.1, -0.05) is 25.5 Å². The van der Waals surface area contributed by atoms with Crippen LogP contribution in [0.5, 0.6) is 0 Å². The van der Waals surface area contributed by atoms with Crippen molar-refractivity contribution in [3.05, 3.63) is 41.6 Å². The molecule has 23 heavy (non-hydrogen) atoms. The summed E-state index contributed by atoms with van der Waals surface area (Å²) < 4.78 is 2.42. The maximum atomic E-state index is 10.6. The first-order chi connectivity index (χ1) is 11.0. The van der Waals surface area contributed by atoms with Crippen LogP contribution in [0.4, 0.5) is 0 Å². The molecule has 0 saturated carbocycles. The maximum Gasteiger partial charge on any atom is 0.0932 e. The Balaban J connectivity index is 1.90. The van der Waals surface area contributed by atoms with Gasteiger partial charge < -0.3 is 9.67 Å². The first-order valence-electron chi connectivity index (χ1n) is 8.76. The Bertz CT molecular complexity index is 784. The fraction of sp³-hybridized carbons (Fsp3) is 0.500. The van der Waals surface area contributed by atoms with Crippen molar-refractivity contribution >= 4 is 16.5 Å². The van der Waals surface area contributed by atoms with Crippen molar-refractivity contribution < 1.29 is 5.11 Å². The van der Waals surface area contributed by atoms with Crippen LogP contribution in [0.2, 0.25) is 0 Å². The molecule has 0 fully saturated rings.